The van der Waals surface area contributed by atoms with E-state index in [1.165, 1.54) is 5.56 Å². The van der Waals surface area contributed by atoms with Crippen LogP contribution in [0.5, 0.6) is 11.5 Å². The molecule has 1 aromatic carbocycles. The third kappa shape index (κ3) is 2.42. The lowest BCUT2D eigenvalue weighted by Gasteiger charge is -2.27. The van der Waals surface area contributed by atoms with Crippen LogP contribution in [0.15, 0.2) is 12.1 Å². The lowest BCUT2D eigenvalue weighted by molar-refractivity contribution is -0.119. The monoisotopic (exact) mass is 249 g/mol. The van der Waals surface area contributed by atoms with Gasteiger partial charge in [0.15, 0.2) is 0 Å². The molecular weight excluding hydrogens is 230 g/mol. The lowest BCUT2D eigenvalue weighted by atomic mass is 9.87. The Morgan fingerprint density at radius 1 is 1.22 bits per heavy atom. The Labute approximate surface area is 107 Å². The average Bonchev–Trinajstić information content (AvgIpc) is 2.36. The van der Waals surface area contributed by atoms with E-state index in [0.29, 0.717) is 0 Å². The molecule has 98 valence electrons. The zero-order valence-corrected chi connectivity index (χ0v) is 11.1. The third-order valence-corrected chi connectivity index (χ3v) is 3.39. The van der Waals surface area contributed by atoms with Crippen LogP contribution in [0.3, 0.4) is 0 Å². The number of benzene rings is 1. The smallest absolute Gasteiger partial charge is 0.217 e. The van der Waals surface area contributed by atoms with E-state index in [9.17, 15) is 4.79 Å². The zero-order chi connectivity index (χ0) is 13.1. The van der Waals surface area contributed by atoms with Gasteiger partial charge in [-0.1, -0.05) is 0 Å². The van der Waals surface area contributed by atoms with Crippen LogP contribution in [-0.4, -0.2) is 26.2 Å². The summed E-state index contributed by atoms with van der Waals surface area (Å²) >= 11 is 0. The molecule has 4 heteroatoms. The van der Waals surface area contributed by atoms with Gasteiger partial charge in [-0.3, -0.25) is 4.79 Å². The Bertz CT molecular complexity index is 457. The highest BCUT2D eigenvalue weighted by Crippen LogP contribution is 2.35. The molecule has 0 saturated heterocycles. The minimum Gasteiger partial charge on any atom is -0.496 e. The van der Waals surface area contributed by atoms with Gasteiger partial charge in [0.2, 0.25) is 5.91 Å². The van der Waals surface area contributed by atoms with E-state index in [-0.39, 0.29) is 11.9 Å². The quantitative estimate of drug-likeness (QED) is 0.887. The number of ether oxygens (including phenoxy) is 2. The average molecular weight is 249 g/mol. The molecular formula is C14H19NO3. The number of methoxy groups -OCH3 is 2. The highest BCUT2D eigenvalue weighted by molar-refractivity contribution is 5.73. The van der Waals surface area contributed by atoms with Gasteiger partial charge in [-0.25, -0.2) is 0 Å². The summed E-state index contributed by atoms with van der Waals surface area (Å²) in [5, 5.41) is 2.98. The van der Waals surface area contributed by atoms with Gasteiger partial charge >= 0.3 is 0 Å². The molecule has 1 aliphatic carbocycles. The van der Waals surface area contributed by atoms with Crippen LogP contribution in [0, 0.1) is 0 Å². The molecule has 1 N–H and O–H groups in total. The fraction of sp³-hybridized carbons (Fsp3) is 0.500. The Morgan fingerprint density at radius 2 is 1.83 bits per heavy atom. The third-order valence-electron chi connectivity index (χ3n) is 3.39. The Morgan fingerprint density at radius 3 is 2.39 bits per heavy atom. The summed E-state index contributed by atoms with van der Waals surface area (Å²) in [4.78, 5) is 11.1. The molecule has 0 fully saturated rings. The van der Waals surface area contributed by atoms with Crippen molar-refractivity contribution in [3.8, 4) is 11.5 Å². The Kier molecular flexibility index (Phi) is 3.75. The van der Waals surface area contributed by atoms with Crippen molar-refractivity contribution < 1.29 is 14.3 Å². The lowest BCUT2D eigenvalue weighted by Crippen LogP contribution is -2.37. The van der Waals surface area contributed by atoms with Crippen molar-refractivity contribution >= 4 is 5.91 Å². The molecule has 2 rings (SSSR count). The zero-order valence-electron chi connectivity index (χ0n) is 11.1. The van der Waals surface area contributed by atoms with Crippen LogP contribution in [0.4, 0.5) is 0 Å². The number of amides is 1. The van der Waals surface area contributed by atoms with E-state index in [1.54, 1.807) is 21.1 Å². The van der Waals surface area contributed by atoms with Crippen molar-refractivity contribution in [1.29, 1.82) is 0 Å². The van der Waals surface area contributed by atoms with Crippen molar-refractivity contribution in [2.75, 3.05) is 14.2 Å². The molecule has 0 heterocycles. The standard InChI is InChI=1S/C14H19NO3/c1-9(16)15-10-4-5-11-12(8-10)14(18-3)7-6-13(11)17-2/h6-7,10H,4-5,8H2,1-3H3,(H,15,16)/t10-/m0/s1. The van der Waals surface area contributed by atoms with Crippen molar-refractivity contribution in [2.24, 2.45) is 0 Å². The van der Waals surface area contributed by atoms with Crippen LogP contribution >= 0.6 is 0 Å². The summed E-state index contributed by atoms with van der Waals surface area (Å²) < 4.78 is 10.8. The molecule has 1 aliphatic rings. The highest BCUT2D eigenvalue weighted by Gasteiger charge is 2.24. The highest BCUT2D eigenvalue weighted by atomic mass is 16.5. The maximum atomic E-state index is 11.1. The van der Waals surface area contributed by atoms with Crippen LogP contribution in [0.2, 0.25) is 0 Å². The van der Waals surface area contributed by atoms with Crippen molar-refractivity contribution in [3.63, 3.8) is 0 Å². The predicted molar refractivity (Wildman–Crippen MR) is 69.2 cm³/mol. The summed E-state index contributed by atoms with van der Waals surface area (Å²) in [6.07, 6.45) is 2.64. The molecule has 4 nitrogen and oxygen atoms in total. The number of hydrogen-bond donors (Lipinski definition) is 1. The van der Waals surface area contributed by atoms with Crippen molar-refractivity contribution in [3.05, 3.63) is 23.3 Å². The molecule has 0 unspecified atom stereocenters. The van der Waals surface area contributed by atoms with Crippen LogP contribution in [-0.2, 0) is 17.6 Å². The van der Waals surface area contributed by atoms with E-state index >= 15 is 0 Å². The Hall–Kier alpha value is -1.71. The number of carbonyl (C=O) groups excluding carboxylic acids is 1. The summed E-state index contributed by atoms with van der Waals surface area (Å²) in [6.45, 7) is 1.55. The number of carbonyl (C=O) groups is 1. The molecule has 0 aliphatic heterocycles. The van der Waals surface area contributed by atoms with Crippen LogP contribution < -0.4 is 14.8 Å². The fourth-order valence-corrected chi connectivity index (χ4v) is 2.61. The van der Waals surface area contributed by atoms with E-state index in [0.717, 1.165) is 36.3 Å². The second-order valence-corrected chi connectivity index (χ2v) is 4.57. The molecule has 0 aromatic heterocycles. The van der Waals surface area contributed by atoms with E-state index in [1.807, 2.05) is 12.1 Å². The SMILES string of the molecule is COc1ccc(OC)c2c1CC[C@H](NC(C)=O)C2. The second-order valence-electron chi connectivity index (χ2n) is 4.57. The largest absolute Gasteiger partial charge is 0.496 e. The molecule has 1 atom stereocenters. The molecule has 0 spiro atoms. The summed E-state index contributed by atoms with van der Waals surface area (Å²) in [5.41, 5.74) is 2.36. The number of rotatable bonds is 3. The predicted octanol–water partition coefficient (Wildman–Crippen LogP) is 1.70. The van der Waals surface area contributed by atoms with Gasteiger partial charge in [0.25, 0.3) is 0 Å². The number of fused-ring (bicyclic) bond motifs is 1. The Balaban J connectivity index is 2.31. The normalized spacial score (nSPS) is 17.8. The van der Waals surface area contributed by atoms with Gasteiger partial charge < -0.3 is 14.8 Å². The van der Waals surface area contributed by atoms with Gasteiger partial charge in [0.1, 0.15) is 11.5 Å². The van der Waals surface area contributed by atoms with E-state index in [4.69, 9.17) is 9.47 Å². The summed E-state index contributed by atoms with van der Waals surface area (Å²) in [7, 11) is 3.35. The molecule has 0 saturated carbocycles. The maximum absolute atomic E-state index is 11.1. The van der Waals surface area contributed by atoms with E-state index < -0.39 is 0 Å². The van der Waals surface area contributed by atoms with Crippen LogP contribution in [0.1, 0.15) is 24.5 Å². The first-order chi connectivity index (χ1) is 8.65. The molecule has 0 bridgehead atoms. The van der Waals surface area contributed by atoms with Gasteiger partial charge in [0.05, 0.1) is 14.2 Å². The molecule has 18 heavy (non-hydrogen) atoms. The van der Waals surface area contributed by atoms with Crippen molar-refractivity contribution in [1.82, 2.24) is 5.32 Å². The molecule has 1 aromatic rings. The summed E-state index contributed by atoms with van der Waals surface area (Å²) in [5.74, 6) is 1.80. The number of hydrogen-bond acceptors (Lipinski definition) is 3. The minimum absolute atomic E-state index is 0.0188. The van der Waals surface area contributed by atoms with Crippen molar-refractivity contribution in [2.45, 2.75) is 32.2 Å². The fourth-order valence-electron chi connectivity index (χ4n) is 2.61. The first kappa shape index (κ1) is 12.7. The van der Waals surface area contributed by atoms with Gasteiger partial charge in [-0.15, -0.1) is 0 Å². The topological polar surface area (TPSA) is 47.6 Å². The van der Waals surface area contributed by atoms with Gasteiger partial charge in [0, 0.05) is 24.1 Å². The van der Waals surface area contributed by atoms with Gasteiger partial charge in [-0.2, -0.15) is 0 Å². The first-order valence-electron chi connectivity index (χ1n) is 6.15. The van der Waals surface area contributed by atoms with Crippen LogP contribution in [0.25, 0.3) is 0 Å². The van der Waals surface area contributed by atoms with Gasteiger partial charge in [-0.05, 0) is 31.4 Å². The second kappa shape index (κ2) is 5.29. The first-order valence-corrected chi connectivity index (χ1v) is 6.15. The number of nitrogens with one attached hydrogen (secondary N) is 1. The minimum atomic E-state index is 0.0188. The molecule has 1 amide bonds. The molecule has 0 radical (unpaired) electrons. The van der Waals surface area contributed by atoms with E-state index in [2.05, 4.69) is 5.32 Å². The maximum Gasteiger partial charge on any atom is 0.217 e. The summed E-state index contributed by atoms with van der Waals surface area (Å²) in [6, 6.07) is 4.06.